The van der Waals surface area contributed by atoms with Crippen LogP contribution in [0.3, 0.4) is 0 Å². The molecule has 2 aromatic heterocycles. The standard InChI is InChI=1S/C13H15FN4O3S/c14-6-10(8-21-12(15)19)7-18-13(20)17(9-16-18)4-3-11-2-1-5-22-11/h1-2,5-6,9H,3-4,7-8H2,(H2,15,19)/b10-6-. The molecule has 0 aliphatic heterocycles. The van der Waals surface area contributed by atoms with E-state index in [0.717, 1.165) is 11.1 Å². The summed E-state index contributed by atoms with van der Waals surface area (Å²) in [6.07, 6.45) is 1.40. The Morgan fingerprint density at radius 2 is 2.36 bits per heavy atom. The number of carbonyl (C=O) groups is 1. The van der Waals surface area contributed by atoms with Gasteiger partial charge in [-0.2, -0.15) is 5.10 Å². The number of nitrogens with zero attached hydrogens (tertiary/aromatic N) is 3. The van der Waals surface area contributed by atoms with E-state index < -0.39 is 6.09 Å². The van der Waals surface area contributed by atoms with E-state index in [-0.39, 0.29) is 30.7 Å². The summed E-state index contributed by atoms with van der Waals surface area (Å²) >= 11 is 1.62. The van der Waals surface area contributed by atoms with Crippen molar-refractivity contribution in [1.82, 2.24) is 14.3 Å². The number of aryl methyl sites for hydroxylation is 2. The van der Waals surface area contributed by atoms with Crippen LogP contribution in [0.1, 0.15) is 4.88 Å². The fraction of sp³-hybridized carbons (Fsp3) is 0.308. The van der Waals surface area contributed by atoms with Crippen molar-refractivity contribution in [1.29, 1.82) is 0 Å². The van der Waals surface area contributed by atoms with Crippen LogP contribution in [0, 0.1) is 0 Å². The first-order chi connectivity index (χ1) is 10.6. The second-order valence-electron chi connectivity index (χ2n) is 4.47. The second-order valence-corrected chi connectivity index (χ2v) is 5.50. The summed E-state index contributed by atoms with van der Waals surface area (Å²) < 4.78 is 19.8. The van der Waals surface area contributed by atoms with Crippen molar-refractivity contribution in [3.05, 3.63) is 51.1 Å². The van der Waals surface area contributed by atoms with Crippen LogP contribution in [-0.4, -0.2) is 27.0 Å². The van der Waals surface area contributed by atoms with E-state index in [9.17, 15) is 14.0 Å². The van der Waals surface area contributed by atoms with E-state index in [2.05, 4.69) is 9.84 Å². The molecule has 0 bridgehead atoms. The SMILES string of the molecule is NC(=O)OC/C(=C\F)Cn1ncn(CCc2cccs2)c1=O. The molecule has 0 aliphatic rings. The fourth-order valence-electron chi connectivity index (χ4n) is 1.79. The van der Waals surface area contributed by atoms with Crippen molar-refractivity contribution in [3.63, 3.8) is 0 Å². The number of ether oxygens (including phenoxy) is 1. The number of nitrogens with two attached hydrogens (primary N) is 1. The maximum atomic E-state index is 12.7. The van der Waals surface area contributed by atoms with Crippen molar-refractivity contribution in [3.8, 4) is 0 Å². The lowest BCUT2D eigenvalue weighted by atomic mass is 10.3. The van der Waals surface area contributed by atoms with Crippen molar-refractivity contribution in [2.24, 2.45) is 5.73 Å². The third-order valence-electron chi connectivity index (χ3n) is 2.88. The lowest BCUT2D eigenvalue weighted by Gasteiger charge is -2.05. The summed E-state index contributed by atoms with van der Waals surface area (Å²) in [6, 6.07) is 3.94. The normalized spacial score (nSPS) is 11.6. The number of thiophene rings is 1. The first-order valence-corrected chi connectivity index (χ1v) is 7.33. The number of rotatable bonds is 7. The topological polar surface area (TPSA) is 92.1 Å². The molecule has 7 nitrogen and oxygen atoms in total. The maximum Gasteiger partial charge on any atom is 0.404 e. The summed E-state index contributed by atoms with van der Waals surface area (Å²) in [5.41, 5.74) is 4.55. The van der Waals surface area contributed by atoms with Gasteiger partial charge in [0.2, 0.25) is 0 Å². The smallest absolute Gasteiger partial charge is 0.404 e. The maximum absolute atomic E-state index is 12.7. The van der Waals surface area contributed by atoms with Gasteiger partial charge in [-0.05, 0) is 17.9 Å². The average Bonchev–Trinajstić information content (AvgIpc) is 3.12. The molecule has 118 valence electrons. The van der Waals surface area contributed by atoms with Crippen molar-refractivity contribution >= 4 is 17.4 Å². The summed E-state index contributed by atoms with van der Waals surface area (Å²) in [4.78, 5) is 23.8. The summed E-state index contributed by atoms with van der Waals surface area (Å²) in [6.45, 7) is 0.0702. The Labute approximate surface area is 129 Å². The molecular weight excluding hydrogens is 311 g/mol. The van der Waals surface area contributed by atoms with Gasteiger partial charge in [-0.25, -0.2) is 18.7 Å². The second kappa shape index (κ2) is 7.55. The van der Waals surface area contributed by atoms with Crippen molar-refractivity contribution in [2.75, 3.05) is 6.61 Å². The van der Waals surface area contributed by atoms with E-state index >= 15 is 0 Å². The first kappa shape index (κ1) is 16.0. The number of carbonyl (C=O) groups excluding carboxylic acids is 1. The van der Waals surface area contributed by atoms with Crippen LogP contribution in [0.2, 0.25) is 0 Å². The largest absolute Gasteiger partial charge is 0.445 e. The van der Waals surface area contributed by atoms with Crippen LogP contribution >= 0.6 is 11.3 Å². The third kappa shape index (κ3) is 4.29. The Morgan fingerprint density at radius 1 is 1.55 bits per heavy atom. The molecule has 2 aromatic rings. The van der Waals surface area contributed by atoms with Crippen LogP contribution in [0.15, 0.2) is 40.5 Å². The molecule has 0 atom stereocenters. The summed E-state index contributed by atoms with van der Waals surface area (Å²) in [5, 5.41) is 5.89. The molecule has 0 aromatic carbocycles. The van der Waals surface area contributed by atoms with E-state index in [1.54, 1.807) is 11.3 Å². The van der Waals surface area contributed by atoms with Gasteiger partial charge in [0.25, 0.3) is 0 Å². The monoisotopic (exact) mass is 326 g/mol. The number of hydrogen-bond acceptors (Lipinski definition) is 5. The van der Waals surface area contributed by atoms with Crippen LogP contribution in [0.4, 0.5) is 9.18 Å². The molecule has 0 saturated carbocycles. The predicted molar refractivity (Wildman–Crippen MR) is 79.2 cm³/mol. The first-order valence-electron chi connectivity index (χ1n) is 6.45. The van der Waals surface area contributed by atoms with Gasteiger partial charge in [0.15, 0.2) is 0 Å². The molecule has 2 heterocycles. The van der Waals surface area contributed by atoms with E-state index in [4.69, 9.17) is 5.73 Å². The van der Waals surface area contributed by atoms with Crippen LogP contribution in [-0.2, 0) is 24.2 Å². The average molecular weight is 326 g/mol. The quantitative estimate of drug-likeness (QED) is 0.830. The molecule has 0 fully saturated rings. The summed E-state index contributed by atoms with van der Waals surface area (Å²) in [5.74, 6) is 0. The van der Waals surface area contributed by atoms with E-state index in [1.807, 2.05) is 17.5 Å². The Morgan fingerprint density at radius 3 is 3.00 bits per heavy atom. The van der Waals surface area contributed by atoms with Gasteiger partial charge in [0.05, 0.1) is 12.9 Å². The molecule has 22 heavy (non-hydrogen) atoms. The number of aromatic nitrogens is 3. The van der Waals surface area contributed by atoms with Crippen molar-refractivity contribution in [2.45, 2.75) is 19.5 Å². The Balaban J connectivity index is 1.97. The van der Waals surface area contributed by atoms with Crippen LogP contribution in [0.5, 0.6) is 0 Å². The Hall–Kier alpha value is -2.42. The molecule has 0 saturated heterocycles. The van der Waals surface area contributed by atoms with Gasteiger partial charge in [-0.15, -0.1) is 11.3 Å². The number of amides is 1. The third-order valence-corrected chi connectivity index (χ3v) is 3.82. The molecule has 2 rings (SSSR count). The van der Waals surface area contributed by atoms with Gasteiger partial charge < -0.3 is 10.5 Å². The number of halogens is 1. The van der Waals surface area contributed by atoms with Gasteiger partial charge >= 0.3 is 11.8 Å². The molecule has 9 heteroatoms. The highest BCUT2D eigenvalue weighted by Crippen LogP contribution is 2.09. The zero-order valence-corrected chi connectivity index (χ0v) is 12.5. The van der Waals surface area contributed by atoms with Crippen molar-refractivity contribution < 1.29 is 13.9 Å². The zero-order chi connectivity index (χ0) is 15.9. The Kier molecular flexibility index (Phi) is 5.48. The molecule has 0 spiro atoms. The van der Waals surface area contributed by atoms with Gasteiger partial charge in [0, 0.05) is 17.0 Å². The van der Waals surface area contributed by atoms with Gasteiger partial charge in [-0.3, -0.25) is 4.57 Å². The minimum Gasteiger partial charge on any atom is -0.445 e. The lowest BCUT2D eigenvalue weighted by Crippen LogP contribution is -2.27. The number of primary amides is 1. The van der Waals surface area contributed by atoms with Crippen LogP contribution < -0.4 is 11.4 Å². The van der Waals surface area contributed by atoms with Gasteiger partial charge in [0.1, 0.15) is 12.9 Å². The molecule has 0 aliphatic carbocycles. The molecule has 0 unspecified atom stereocenters. The highest BCUT2D eigenvalue weighted by molar-refractivity contribution is 7.09. The fourth-order valence-corrected chi connectivity index (χ4v) is 2.49. The van der Waals surface area contributed by atoms with Crippen LogP contribution in [0.25, 0.3) is 0 Å². The minimum atomic E-state index is -1.01. The molecule has 0 radical (unpaired) electrons. The lowest BCUT2D eigenvalue weighted by molar-refractivity contribution is 0.164. The van der Waals surface area contributed by atoms with E-state index in [0.29, 0.717) is 6.54 Å². The number of hydrogen-bond donors (Lipinski definition) is 1. The minimum absolute atomic E-state index is 0.0874. The Bertz CT molecular complexity index is 705. The predicted octanol–water partition coefficient (Wildman–Crippen LogP) is 1.30. The zero-order valence-electron chi connectivity index (χ0n) is 11.6. The van der Waals surface area contributed by atoms with E-state index in [1.165, 1.54) is 15.8 Å². The molecule has 2 N–H and O–H groups in total. The molecular formula is C13H15FN4O3S. The highest BCUT2D eigenvalue weighted by Gasteiger charge is 2.09. The molecule has 1 amide bonds. The summed E-state index contributed by atoms with van der Waals surface area (Å²) in [7, 11) is 0. The van der Waals surface area contributed by atoms with Gasteiger partial charge in [-0.1, -0.05) is 6.07 Å². The highest BCUT2D eigenvalue weighted by atomic mass is 32.1.